The third kappa shape index (κ3) is 3.27. The Morgan fingerprint density at radius 3 is 2.40 bits per heavy atom. The standard InChI is InChI=1S/C10H9N.CH2O3/c1-8-4-2-5-9-6-3-7-11-10(8)9;2-1(3)4/h2-7H,1H3;(H2,2,3,4). The molecule has 0 fully saturated rings. The van der Waals surface area contributed by atoms with Crippen LogP contribution in [0.5, 0.6) is 0 Å². The van der Waals surface area contributed by atoms with E-state index in [9.17, 15) is 0 Å². The molecule has 1 heterocycles. The summed E-state index contributed by atoms with van der Waals surface area (Å²) in [6.45, 7) is 2.08. The van der Waals surface area contributed by atoms with Gasteiger partial charge in [0.1, 0.15) is 0 Å². The van der Waals surface area contributed by atoms with E-state index in [-0.39, 0.29) is 0 Å². The third-order valence-corrected chi connectivity index (χ3v) is 1.83. The summed E-state index contributed by atoms with van der Waals surface area (Å²) in [5, 5.41) is 15.2. The van der Waals surface area contributed by atoms with Gasteiger partial charge < -0.3 is 10.2 Å². The van der Waals surface area contributed by atoms with E-state index in [0.717, 1.165) is 5.52 Å². The summed E-state index contributed by atoms with van der Waals surface area (Å²) in [6, 6.07) is 10.3. The molecule has 1 aromatic heterocycles. The van der Waals surface area contributed by atoms with E-state index >= 15 is 0 Å². The van der Waals surface area contributed by atoms with Gasteiger partial charge in [0.05, 0.1) is 5.52 Å². The number of benzene rings is 1. The van der Waals surface area contributed by atoms with Crippen LogP contribution >= 0.6 is 0 Å². The maximum absolute atomic E-state index is 8.56. The lowest BCUT2D eigenvalue weighted by Gasteiger charge is -1.97. The van der Waals surface area contributed by atoms with Crippen LogP contribution in [0.4, 0.5) is 4.79 Å². The minimum atomic E-state index is -1.83. The maximum atomic E-state index is 8.56. The highest BCUT2D eigenvalue weighted by molar-refractivity contribution is 5.81. The Bertz CT molecular complexity index is 459. The summed E-state index contributed by atoms with van der Waals surface area (Å²) in [7, 11) is 0. The molecular formula is C11H11NO3. The number of hydrogen-bond acceptors (Lipinski definition) is 2. The van der Waals surface area contributed by atoms with Crippen molar-refractivity contribution in [3.8, 4) is 0 Å². The normalized spacial score (nSPS) is 9.13. The van der Waals surface area contributed by atoms with Gasteiger partial charge in [-0.25, -0.2) is 4.79 Å². The molecule has 0 atom stereocenters. The van der Waals surface area contributed by atoms with Crippen molar-refractivity contribution in [1.29, 1.82) is 0 Å². The fourth-order valence-corrected chi connectivity index (χ4v) is 1.26. The Morgan fingerprint density at radius 1 is 1.20 bits per heavy atom. The van der Waals surface area contributed by atoms with Crippen molar-refractivity contribution in [3.05, 3.63) is 42.1 Å². The van der Waals surface area contributed by atoms with Gasteiger partial charge >= 0.3 is 6.16 Å². The minimum Gasteiger partial charge on any atom is -0.450 e. The highest BCUT2D eigenvalue weighted by Gasteiger charge is 1.93. The molecule has 15 heavy (non-hydrogen) atoms. The lowest BCUT2D eigenvalue weighted by molar-refractivity contribution is 0.137. The third-order valence-electron chi connectivity index (χ3n) is 1.83. The number of aryl methyl sites for hydroxylation is 1. The highest BCUT2D eigenvalue weighted by atomic mass is 16.6. The molecular weight excluding hydrogens is 194 g/mol. The maximum Gasteiger partial charge on any atom is 0.503 e. The Kier molecular flexibility index (Phi) is 3.62. The van der Waals surface area contributed by atoms with Crippen LogP contribution in [0, 0.1) is 6.92 Å². The lowest BCUT2D eigenvalue weighted by Crippen LogP contribution is -1.81. The minimum absolute atomic E-state index is 1.11. The second-order valence-electron chi connectivity index (χ2n) is 2.93. The number of fused-ring (bicyclic) bond motifs is 1. The van der Waals surface area contributed by atoms with Crippen molar-refractivity contribution >= 4 is 17.1 Å². The van der Waals surface area contributed by atoms with Crippen LogP contribution in [0.3, 0.4) is 0 Å². The van der Waals surface area contributed by atoms with Gasteiger partial charge in [-0.1, -0.05) is 24.3 Å². The number of pyridine rings is 1. The molecule has 2 N–H and O–H groups in total. The first-order valence-electron chi connectivity index (χ1n) is 4.33. The van der Waals surface area contributed by atoms with Crippen molar-refractivity contribution in [1.82, 2.24) is 4.98 Å². The fourth-order valence-electron chi connectivity index (χ4n) is 1.26. The first-order chi connectivity index (χ1) is 7.11. The van der Waals surface area contributed by atoms with Gasteiger partial charge in [-0.05, 0) is 18.6 Å². The number of para-hydroxylation sites is 1. The highest BCUT2D eigenvalue weighted by Crippen LogP contribution is 2.13. The average molecular weight is 205 g/mol. The number of carbonyl (C=O) groups is 1. The molecule has 0 unspecified atom stereocenters. The molecule has 0 aliphatic carbocycles. The van der Waals surface area contributed by atoms with E-state index in [1.807, 2.05) is 12.3 Å². The van der Waals surface area contributed by atoms with Crippen LogP contribution in [-0.4, -0.2) is 21.4 Å². The van der Waals surface area contributed by atoms with E-state index < -0.39 is 6.16 Å². The molecule has 0 spiro atoms. The molecule has 2 aromatic rings. The van der Waals surface area contributed by atoms with Crippen molar-refractivity contribution in [2.24, 2.45) is 0 Å². The van der Waals surface area contributed by atoms with Crippen molar-refractivity contribution < 1.29 is 15.0 Å². The zero-order valence-corrected chi connectivity index (χ0v) is 8.21. The summed E-state index contributed by atoms with van der Waals surface area (Å²) in [5.41, 5.74) is 2.35. The summed E-state index contributed by atoms with van der Waals surface area (Å²) in [5.74, 6) is 0. The zero-order chi connectivity index (χ0) is 11.3. The molecule has 1 aromatic carbocycles. The second kappa shape index (κ2) is 4.95. The van der Waals surface area contributed by atoms with Gasteiger partial charge in [0.2, 0.25) is 0 Å². The summed E-state index contributed by atoms with van der Waals surface area (Å²) < 4.78 is 0. The number of carboxylic acid groups (broad SMARTS) is 2. The summed E-state index contributed by atoms with van der Waals surface area (Å²) >= 11 is 0. The number of aromatic nitrogens is 1. The van der Waals surface area contributed by atoms with Crippen molar-refractivity contribution in [2.45, 2.75) is 6.92 Å². The van der Waals surface area contributed by atoms with Crippen LogP contribution in [0.25, 0.3) is 10.9 Å². The fraction of sp³-hybridized carbons (Fsp3) is 0.0909. The Balaban J connectivity index is 0.000000245. The van der Waals surface area contributed by atoms with E-state index in [2.05, 4.69) is 36.2 Å². The summed E-state index contributed by atoms with van der Waals surface area (Å²) in [6.07, 6.45) is -0.00463. The molecule has 0 aliphatic rings. The molecule has 78 valence electrons. The first kappa shape index (κ1) is 11.0. The SMILES string of the molecule is Cc1cccc2cccnc12.O=C(O)O. The molecule has 0 saturated carbocycles. The second-order valence-corrected chi connectivity index (χ2v) is 2.93. The molecule has 0 saturated heterocycles. The predicted molar refractivity (Wildman–Crippen MR) is 57.1 cm³/mol. The van der Waals surface area contributed by atoms with E-state index in [0.29, 0.717) is 0 Å². The molecule has 0 bridgehead atoms. The van der Waals surface area contributed by atoms with Gasteiger partial charge in [-0.2, -0.15) is 0 Å². The van der Waals surface area contributed by atoms with Gasteiger partial charge in [0, 0.05) is 11.6 Å². The number of rotatable bonds is 0. The smallest absolute Gasteiger partial charge is 0.450 e. The topological polar surface area (TPSA) is 70.4 Å². The van der Waals surface area contributed by atoms with Crippen LogP contribution in [0.2, 0.25) is 0 Å². The van der Waals surface area contributed by atoms with Crippen LogP contribution < -0.4 is 0 Å². The van der Waals surface area contributed by atoms with Gasteiger partial charge in [0.15, 0.2) is 0 Å². The van der Waals surface area contributed by atoms with Gasteiger partial charge in [-0.3, -0.25) is 4.98 Å². The lowest BCUT2D eigenvalue weighted by atomic mass is 10.1. The van der Waals surface area contributed by atoms with Crippen LogP contribution in [0.1, 0.15) is 5.56 Å². The largest absolute Gasteiger partial charge is 0.503 e. The summed E-state index contributed by atoms with van der Waals surface area (Å²) in [4.78, 5) is 12.8. The Labute approximate surface area is 86.8 Å². The molecule has 0 aliphatic heterocycles. The average Bonchev–Trinajstić information content (AvgIpc) is 2.18. The van der Waals surface area contributed by atoms with Crippen molar-refractivity contribution in [3.63, 3.8) is 0 Å². The zero-order valence-electron chi connectivity index (χ0n) is 8.21. The predicted octanol–water partition coefficient (Wildman–Crippen LogP) is 2.77. The molecule has 4 heteroatoms. The van der Waals surface area contributed by atoms with Crippen molar-refractivity contribution in [2.75, 3.05) is 0 Å². The van der Waals surface area contributed by atoms with E-state index in [1.54, 1.807) is 0 Å². The van der Waals surface area contributed by atoms with Crippen LogP contribution in [-0.2, 0) is 0 Å². The van der Waals surface area contributed by atoms with E-state index in [1.165, 1.54) is 10.9 Å². The molecule has 2 rings (SSSR count). The first-order valence-corrected chi connectivity index (χ1v) is 4.33. The molecule has 0 radical (unpaired) electrons. The van der Waals surface area contributed by atoms with Gasteiger partial charge in [0.25, 0.3) is 0 Å². The molecule has 0 amide bonds. The monoisotopic (exact) mass is 205 g/mol. The Morgan fingerprint density at radius 2 is 1.80 bits per heavy atom. The number of hydrogen-bond donors (Lipinski definition) is 2. The van der Waals surface area contributed by atoms with Gasteiger partial charge in [-0.15, -0.1) is 0 Å². The Hall–Kier alpha value is -2.10. The molecule has 4 nitrogen and oxygen atoms in total. The number of nitrogens with zero attached hydrogens (tertiary/aromatic N) is 1. The quantitative estimate of drug-likeness (QED) is 0.693. The van der Waals surface area contributed by atoms with Crippen LogP contribution in [0.15, 0.2) is 36.5 Å². The van der Waals surface area contributed by atoms with E-state index in [4.69, 9.17) is 15.0 Å².